The fraction of sp³-hybridized carbons (Fsp3) is 0.370. The van der Waals surface area contributed by atoms with Gasteiger partial charge in [-0.25, -0.2) is 9.69 Å². The van der Waals surface area contributed by atoms with Crippen LogP contribution >= 0.6 is 0 Å². The van der Waals surface area contributed by atoms with Gasteiger partial charge in [0.05, 0.1) is 5.69 Å². The number of nitrogens with one attached hydrogen (secondary N) is 1. The van der Waals surface area contributed by atoms with Crippen LogP contribution in [-0.4, -0.2) is 29.9 Å². The van der Waals surface area contributed by atoms with Crippen molar-refractivity contribution in [2.24, 2.45) is 0 Å². The molecular formula is C27H31N3O3. The average Bonchev–Trinajstić information content (AvgIpc) is 2.77. The molecule has 4 rings (SSSR count). The lowest BCUT2D eigenvalue weighted by Crippen LogP contribution is -2.54. The number of para-hydroxylation sites is 1. The van der Waals surface area contributed by atoms with Crippen molar-refractivity contribution in [3.05, 3.63) is 64.7 Å². The summed E-state index contributed by atoms with van der Waals surface area (Å²) < 4.78 is 0. The summed E-state index contributed by atoms with van der Waals surface area (Å²) >= 11 is 0. The summed E-state index contributed by atoms with van der Waals surface area (Å²) in [5, 5.41) is 2.33. The standard InChI is InChI=1S/C27H31N3O3/c1-6-19-10-8-9-11-22(19)30-25(32)21(24(31)28-26(30)33)15-18-12-13-23-20(14-18)17(3)16-27(4,5)29(23)7-2/h8-15,17H,6-7,16H2,1-5H3,(H,28,31,33)/b21-15-. The lowest BCUT2D eigenvalue weighted by molar-refractivity contribution is -0.122. The summed E-state index contributed by atoms with van der Waals surface area (Å²) in [7, 11) is 0. The quantitative estimate of drug-likeness (QED) is 0.530. The van der Waals surface area contributed by atoms with Gasteiger partial charge in [-0.3, -0.25) is 14.9 Å². The fourth-order valence-corrected chi connectivity index (χ4v) is 5.27. The number of barbiturate groups is 1. The number of carbonyl (C=O) groups is 3. The van der Waals surface area contributed by atoms with Crippen LogP contribution in [0.3, 0.4) is 0 Å². The Hall–Kier alpha value is -3.41. The van der Waals surface area contributed by atoms with E-state index in [4.69, 9.17) is 0 Å². The molecule has 2 aromatic rings. The molecule has 0 saturated carbocycles. The number of hydrogen-bond donors (Lipinski definition) is 1. The van der Waals surface area contributed by atoms with E-state index in [1.807, 2.05) is 25.1 Å². The Morgan fingerprint density at radius 2 is 1.79 bits per heavy atom. The summed E-state index contributed by atoms with van der Waals surface area (Å²) in [4.78, 5) is 42.0. The van der Waals surface area contributed by atoms with Crippen LogP contribution in [0.2, 0.25) is 0 Å². The highest BCUT2D eigenvalue weighted by Crippen LogP contribution is 2.43. The number of rotatable bonds is 4. The molecule has 1 N–H and O–H groups in total. The second-order valence-electron chi connectivity index (χ2n) is 9.42. The van der Waals surface area contributed by atoms with Gasteiger partial charge in [0.1, 0.15) is 5.57 Å². The molecule has 1 fully saturated rings. The number of imide groups is 2. The highest BCUT2D eigenvalue weighted by Gasteiger charge is 2.38. The summed E-state index contributed by atoms with van der Waals surface area (Å²) in [5.74, 6) is -0.925. The van der Waals surface area contributed by atoms with E-state index in [1.165, 1.54) is 11.3 Å². The first kappa shape index (κ1) is 22.8. The number of nitrogens with zero attached hydrogens (tertiary/aromatic N) is 2. The third kappa shape index (κ3) is 3.94. The molecule has 0 bridgehead atoms. The molecule has 172 valence electrons. The van der Waals surface area contributed by atoms with Gasteiger partial charge in [0.25, 0.3) is 11.8 Å². The molecule has 4 amide bonds. The Labute approximate surface area is 195 Å². The first-order valence-electron chi connectivity index (χ1n) is 11.6. The third-order valence-electron chi connectivity index (χ3n) is 6.75. The summed E-state index contributed by atoms with van der Waals surface area (Å²) in [5.41, 5.74) is 4.55. The number of amides is 4. The van der Waals surface area contributed by atoms with Crippen LogP contribution in [-0.2, 0) is 16.0 Å². The maximum atomic E-state index is 13.3. The number of urea groups is 1. The Morgan fingerprint density at radius 3 is 2.48 bits per heavy atom. The highest BCUT2D eigenvalue weighted by molar-refractivity contribution is 6.39. The molecule has 1 atom stereocenters. The highest BCUT2D eigenvalue weighted by atomic mass is 16.2. The van der Waals surface area contributed by atoms with Crippen LogP contribution in [0.25, 0.3) is 6.08 Å². The zero-order valence-electron chi connectivity index (χ0n) is 19.9. The van der Waals surface area contributed by atoms with Gasteiger partial charge in [-0.1, -0.05) is 38.1 Å². The van der Waals surface area contributed by atoms with Crippen molar-refractivity contribution in [1.82, 2.24) is 5.32 Å². The van der Waals surface area contributed by atoms with Gasteiger partial charge in [0, 0.05) is 17.8 Å². The van der Waals surface area contributed by atoms with Gasteiger partial charge < -0.3 is 4.90 Å². The van der Waals surface area contributed by atoms with Crippen LogP contribution in [0.1, 0.15) is 63.6 Å². The van der Waals surface area contributed by atoms with Gasteiger partial charge in [0.2, 0.25) is 0 Å². The lowest BCUT2D eigenvalue weighted by atomic mass is 9.79. The second kappa shape index (κ2) is 8.50. The predicted molar refractivity (Wildman–Crippen MR) is 131 cm³/mol. The molecule has 2 aliphatic rings. The molecule has 0 spiro atoms. The molecule has 0 aromatic heterocycles. The molecular weight excluding hydrogens is 414 g/mol. The van der Waals surface area contributed by atoms with Crippen molar-refractivity contribution in [2.75, 3.05) is 16.3 Å². The number of hydrogen-bond acceptors (Lipinski definition) is 4. The van der Waals surface area contributed by atoms with Crippen molar-refractivity contribution in [3.8, 4) is 0 Å². The van der Waals surface area contributed by atoms with E-state index in [-0.39, 0.29) is 11.1 Å². The number of aryl methyl sites for hydroxylation is 1. The maximum absolute atomic E-state index is 13.3. The molecule has 33 heavy (non-hydrogen) atoms. The minimum atomic E-state index is -0.720. The molecule has 0 aliphatic carbocycles. The Bertz CT molecular complexity index is 1160. The monoisotopic (exact) mass is 445 g/mol. The van der Waals surface area contributed by atoms with E-state index in [2.05, 4.69) is 50.0 Å². The van der Waals surface area contributed by atoms with Gasteiger partial charge >= 0.3 is 6.03 Å². The van der Waals surface area contributed by atoms with E-state index < -0.39 is 17.8 Å². The van der Waals surface area contributed by atoms with Crippen LogP contribution < -0.4 is 15.1 Å². The number of anilines is 2. The van der Waals surface area contributed by atoms with Crippen LogP contribution in [0.15, 0.2) is 48.0 Å². The molecule has 6 nitrogen and oxygen atoms in total. The minimum absolute atomic E-state index is 0.0448. The number of carbonyl (C=O) groups excluding carboxylic acids is 3. The minimum Gasteiger partial charge on any atom is -0.366 e. The van der Waals surface area contributed by atoms with Crippen molar-refractivity contribution >= 4 is 35.3 Å². The van der Waals surface area contributed by atoms with Gasteiger partial charge in [-0.15, -0.1) is 0 Å². The van der Waals surface area contributed by atoms with Crippen molar-refractivity contribution in [1.29, 1.82) is 0 Å². The third-order valence-corrected chi connectivity index (χ3v) is 6.75. The molecule has 2 heterocycles. The van der Waals surface area contributed by atoms with Crippen LogP contribution in [0, 0.1) is 0 Å². The molecule has 1 saturated heterocycles. The topological polar surface area (TPSA) is 69.7 Å². The van der Waals surface area contributed by atoms with Gasteiger partial charge in [-0.05, 0) is 80.5 Å². The largest absolute Gasteiger partial charge is 0.366 e. The molecule has 0 radical (unpaired) electrons. The second-order valence-corrected chi connectivity index (χ2v) is 9.42. The average molecular weight is 446 g/mol. The Kier molecular flexibility index (Phi) is 5.87. The van der Waals surface area contributed by atoms with Gasteiger partial charge in [0.15, 0.2) is 0 Å². The van der Waals surface area contributed by atoms with E-state index in [0.717, 1.165) is 29.0 Å². The van der Waals surface area contributed by atoms with E-state index in [9.17, 15) is 14.4 Å². The normalized spacial score (nSPS) is 21.3. The maximum Gasteiger partial charge on any atom is 0.335 e. The van der Waals surface area contributed by atoms with E-state index in [1.54, 1.807) is 18.2 Å². The van der Waals surface area contributed by atoms with E-state index >= 15 is 0 Å². The first-order chi connectivity index (χ1) is 15.7. The fourth-order valence-electron chi connectivity index (χ4n) is 5.27. The predicted octanol–water partition coefficient (Wildman–Crippen LogP) is 5.03. The summed E-state index contributed by atoms with van der Waals surface area (Å²) in [6, 6.07) is 12.6. The Morgan fingerprint density at radius 1 is 1.06 bits per heavy atom. The smallest absolute Gasteiger partial charge is 0.335 e. The van der Waals surface area contributed by atoms with E-state index in [0.29, 0.717) is 18.0 Å². The van der Waals surface area contributed by atoms with Crippen LogP contribution in [0.5, 0.6) is 0 Å². The van der Waals surface area contributed by atoms with Crippen molar-refractivity contribution in [3.63, 3.8) is 0 Å². The first-order valence-corrected chi connectivity index (χ1v) is 11.6. The SMILES string of the molecule is CCc1ccccc1N1C(=O)NC(=O)/C(=C/c2ccc3c(c2)C(C)CC(C)(C)N3CC)C1=O. The molecule has 2 aliphatic heterocycles. The molecule has 1 unspecified atom stereocenters. The number of fused-ring (bicyclic) bond motifs is 1. The lowest BCUT2D eigenvalue weighted by Gasteiger charge is -2.47. The summed E-state index contributed by atoms with van der Waals surface area (Å²) in [6.45, 7) is 11.8. The number of benzene rings is 2. The van der Waals surface area contributed by atoms with Crippen LogP contribution in [0.4, 0.5) is 16.2 Å². The zero-order valence-corrected chi connectivity index (χ0v) is 19.9. The molecule has 6 heteroatoms. The Balaban J connectivity index is 1.74. The zero-order chi connectivity index (χ0) is 23.9. The molecule has 2 aromatic carbocycles. The van der Waals surface area contributed by atoms with Gasteiger partial charge in [-0.2, -0.15) is 0 Å². The van der Waals surface area contributed by atoms with Crippen molar-refractivity contribution in [2.45, 2.75) is 58.9 Å². The van der Waals surface area contributed by atoms with Crippen molar-refractivity contribution < 1.29 is 14.4 Å². The summed E-state index contributed by atoms with van der Waals surface area (Å²) in [6.07, 6.45) is 3.27.